The zero-order valence-corrected chi connectivity index (χ0v) is 16.8. The summed E-state index contributed by atoms with van der Waals surface area (Å²) in [5.74, 6) is 0.239. The average molecular weight is 389 g/mol. The first-order chi connectivity index (χ1) is 14.0. The molecule has 3 aromatic carbocycles. The molecule has 0 fully saturated rings. The van der Waals surface area contributed by atoms with E-state index in [-0.39, 0.29) is 17.8 Å². The molecule has 0 unspecified atom stereocenters. The summed E-state index contributed by atoms with van der Waals surface area (Å²) in [6.07, 6.45) is 0.732. The predicted molar refractivity (Wildman–Crippen MR) is 113 cm³/mol. The highest BCUT2D eigenvalue weighted by Crippen LogP contribution is 2.33. The number of esters is 1. The zero-order valence-electron chi connectivity index (χ0n) is 16.8. The van der Waals surface area contributed by atoms with Gasteiger partial charge in [0.1, 0.15) is 5.75 Å². The lowest BCUT2D eigenvalue weighted by Crippen LogP contribution is -2.32. The van der Waals surface area contributed by atoms with Crippen LogP contribution in [0.1, 0.15) is 34.3 Å². The van der Waals surface area contributed by atoms with Gasteiger partial charge in [-0.2, -0.15) is 0 Å². The van der Waals surface area contributed by atoms with Crippen LogP contribution in [0.5, 0.6) is 5.75 Å². The molecule has 1 atom stereocenters. The van der Waals surface area contributed by atoms with Crippen LogP contribution in [0.25, 0.3) is 10.8 Å². The smallest absolute Gasteiger partial charge is 0.337 e. The Labute approximate surface area is 169 Å². The first kappa shape index (κ1) is 19.0. The minimum absolute atomic E-state index is 0.0578. The summed E-state index contributed by atoms with van der Waals surface area (Å²) in [5.41, 5.74) is 3.37. The van der Waals surface area contributed by atoms with Crippen LogP contribution < -0.4 is 9.64 Å². The van der Waals surface area contributed by atoms with Gasteiger partial charge in [0.15, 0.2) is 0 Å². The molecule has 0 bridgehead atoms. The second kappa shape index (κ2) is 7.59. The summed E-state index contributed by atoms with van der Waals surface area (Å²) in [6, 6.07) is 17.4. The Kier molecular flexibility index (Phi) is 4.97. The van der Waals surface area contributed by atoms with Gasteiger partial charge in [0.2, 0.25) is 5.91 Å². The van der Waals surface area contributed by atoms with Crippen LogP contribution in [-0.4, -0.2) is 32.6 Å². The van der Waals surface area contributed by atoms with Crippen molar-refractivity contribution in [1.82, 2.24) is 0 Å². The van der Waals surface area contributed by atoms with Crippen molar-refractivity contribution >= 4 is 28.3 Å². The number of fused-ring (bicyclic) bond motifs is 2. The predicted octanol–water partition coefficient (Wildman–Crippen LogP) is 4.33. The maximum Gasteiger partial charge on any atom is 0.337 e. The highest BCUT2D eigenvalue weighted by atomic mass is 16.5. The fraction of sp³-hybridized carbons (Fsp3) is 0.250. The van der Waals surface area contributed by atoms with E-state index in [0.29, 0.717) is 12.1 Å². The first-order valence-corrected chi connectivity index (χ1v) is 9.62. The first-order valence-electron chi connectivity index (χ1n) is 9.62. The molecule has 1 aliphatic rings. The normalized spacial score (nSPS) is 13.8. The average Bonchev–Trinajstić information content (AvgIpc) is 3.19. The highest BCUT2D eigenvalue weighted by Gasteiger charge is 2.29. The molecule has 0 saturated heterocycles. The number of benzene rings is 3. The number of amides is 1. The van der Waals surface area contributed by atoms with Crippen LogP contribution in [0, 0.1) is 0 Å². The van der Waals surface area contributed by atoms with Gasteiger partial charge < -0.3 is 14.4 Å². The third-order valence-electron chi connectivity index (χ3n) is 5.60. The molecule has 4 rings (SSSR count). The summed E-state index contributed by atoms with van der Waals surface area (Å²) >= 11 is 0. The van der Waals surface area contributed by atoms with E-state index >= 15 is 0 Å². The van der Waals surface area contributed by atoms with E-state index < -0.39 is 0 Å². The Hall–Kier alpha value is -3.34. The number of carbonyl (C=O) groups is 2. The van der Waals surface area contributed by atoms with Gasteiger partial charge in [-0.3, -0.25) is 4.79 Å². The van der Waals surface area contributed by atoms with E-state index in [9.17, 15) is 9.59 Å². The van der Waals surface area contributed by atoms with Crippen molar-refractivity contribution in [3.8, 4) is 5.75 Å². The number of hydrogen-bond acceptors (Lipinski definition) is 4. The number of ether oxygens (including phenoxy) is 2. The number of rotatable bonds is 4. The SMILES string of the molecule is COC(=O)c1ccc2c(c1)CCN2C(=O)[C@@H](C)c1ccc2cc(OC)ccc2c1. The lowest BCUT2D eigenvalue weighted by atomic mass is 9.96. The van der Waals surface area contributed by atoms with Crippen molar-refractivity contribution in [3.63, 3.8) is 0 Å². The maximum absolute atomic E-state index is 13.2. The molecule has 1 heterocycles. The third kappa shape index (κ3) is 3.44. The van der Waals surface area contributed by atoms with Crippen LogP contribution in [0.3, 0.4) is 0 Å². The molecule has 0 radical (unpaired) electrons. The fourth-order valence-corrected chi connectivity index (χ4v) is 3.89. The number of nitrogens with zero attached hydrogens (tertiary/aromatic N) is 1. The van der Waals surface area contributed by atoms with Crippen molar-refractivity contribution in [3.05, 3.63) is 71.3 Å². The van der Waals surface area contributed by atoms with Crippen LogP contribution in [-0.2, 0) is 16.0 Å². The maximum atomic E-state index is 13.2. The number of carbonyl (C=O) groups excluding carboxylic acids is 2. The van der Waals surface area contributed by atoms with Crippen molar-refractivity contribution in [2.45, 2.75) is 19.3 Å². The molecule has 0 spiro atoms. The van der Waals surface area contributed by atoms with E-state index in [1.807, 2.05) is 54.3 Å². The second-order valence-electron chi connectivity index (χ2n) is 7.27. The fourth-order valence-electron chi connectivity index (χ4n) is 3.89. The molecule has 5 nitrogen and oxygen atoms in total. The van der Waals surface area contributed by atoms with E-state index in [0.717, 1.165) is 39.8 Å². The Balaban J connectivity index is 1.59. The van der Waals surface area contributed by atoms with Gasteiger partial charge in [0, 0.05) is 12.2 Å². The highest BCUT2D eigenvalue weighted by molar-refractivity contribution is 6.01. The van der Waals surface area contributed by atoms with Gasteiger partial charge in [0.05, 0.1) is 25.7 Å². The quantitative estimate of drug-likeness (QED) is 0.624. The van der Waals surface area contributed by atoms with Gasteiger partial charge in [-0.05, 0) is 65.6 Å². The minimum Gasteiger partial charge on any atom is -0.497 e. The molecule has 0 aliphatic carbocycles. The summed E-state index contributed by atoms with van der Waals surface area (Å²) in [7, 11) is 3.02. The van der Waals surface area contributed by atoms with Crippen molar-refractivity contribution in [1.29, 1.82) is 0 Å². The Morgan fingerprint density at radius 3 is 2.48 bits per heavy atom. The largest absolute Gasteiger partial charge is 0.497 e. The standard InChI is InChI=1S/C24H23NO4/c1-15(16-4-5-18-14-21(28-2)8-6-17(18)12-16)23(26)25-11-10-19-13-20(24(27)29-3)7-9-22(19)25/h4-9,12-15H,10-11H2,1-3H3/t15-/m0/s1. The van der Waals surface area contributed by atoms with E-state index in [4.69, 9.17) is 9.47 Å². The number of methoxy groups -OCH3 is 2. The van der Waals surface area contributed by atoms with Gasteiger partial charge in [0.25, 0.3) is 0 Å². The van der Waals surface area contributed by atoms with Gasteiger partial charge >= 0.3 is 5.97 Å². The molecule has 148 valence electrons. The van der Waals surface area contributed by atoms with Crippen LogP contribution in [0.4, 0.5) is 5.69 Å². The zero-order chi connectivity index (χ0) is 20.5. The Morgan fingerprint density at radius 2 is 1.72 bits per heavy atom. The second-order valence-corrected chi connectivity index (χ2v) is 7.27. The molecule has 3 aromatic rings. The van der Waals surface area contributed by atoms with Crippen molar-refractivity contribution < 1.29 is 19.1 Å². The van der Waals surface area contributed by atoms with Gasteiger partial charge in [-0.1, -0.05) is 24.3 Å². The van der Waals surface area contributed by atoms with Crippen LogP contribution in [0.2, 0.25) is 0 Å². The van der Waals surface area contributed by atoms with Crippen LogP contribution >= 0.6 is 0 Å². The lowest BCUT2D eigenvalue weighted by Gasteiger charge is -2.22. The molecule has 0 saturated carbocycles. The molecule has 1 amide bonds. The molecular weight excluding hydrogens is 366 g/mol. The molecule has 5 heteroatoms. The summed E-state index contributed by atoms with van der Waals surface area (Å²) in [6.45, 7) is 2.56. The van der Waals surface area contributed by atoms with Gasteiger partial charge in [-0.15, -0.1) is 0 Å². The topological polar surface area (TPSA) is 55.8 Å². The van der Waals surface area contributed by atoms with Crippen molar-refractivity contribution in [2.24, 2.45) is 0 Å². The summed E-state index contributed by atoms with van der Waals surface area (Å²) in [4.78, 5) is 26.8. The Bertz CT molecular complexity index is 1110. The lowest BCUT2D eigenvalue weighted by molar-refractivity contribution is -0.119. The molecule has 0 aromatic heterocycles. The Morgan fingerprint density at radius 1 is 0.966 bits per heavy atom. The molecule has 29 heavy (non-hydrogen) atoms. The van der Waals surface area contributed by atoms with Crippen molar-refractivity contribution in [2.75, 3.05) is 25.7 Å². The monoisotopic (exact) mass is 389 g/mol. The number of hydrogen-bond donors (Lipinski definition) is 0. The molecule has 0 N–H and O–H groups in total. The van der Waals surface area contributed by atoms with E-state index in [1.165, 1.54) is 7.11 Å². The molecular formula is C24H23NO4. The van der Waals surface area contributed by atoms with E-state index in [2.05, 4.69) is 6.07 Å². The van der Waals surface area contributed by atoms with Crippen LogP contribution in [0.15, 0.2) is 54.6 Å². The number of anilines is 1. The third-order valence-corrected chi connectivity index (χ3v) is 5.60. The summed E-state index contributed by atoms with van der Waals surface area (Å²) < 4.78 is 10.1. The minimum atomic E-state index is -0.362. The molecule has 1 aliphatic heterocycles. The van der Waals surface area contributed by atoms with Gasteiger partial charge in [-0.25, -0.2) is 4.79 Å². The van der Waals surface area contributed by atoms with E-state index in [1.54, 1.807) is 13.2 Å². The summed E-state index contributed by atoms with van der Waals surface area (Å²) in [5, 5.41) is 2.15.